The molecule has 6 nitrogen and oxygen atoms in total. The highest BCUT2D eigenvalue weighted by Crippen LogP contribution is 2.28. The lowest BCUT2D eigenvalue weighted by atomic mass is 10.0. The molecule has 4 rings (SSSR count). The zero-order chi connectivity index (χ0) is 18.8. The summed E-state index contributed by atoms with van der Waals surface area (Å²) in [4.78, 5) is 39.4. The molecule has 2 heterocycles. The first-order valence-corrected chi connectivity index (χ1v) is 10.0. The SMILES string of the molecule is Cl.O=C(c1ccc(CN2C(=O)CCC2=O)cc1)N1CCC(NCC2CC2)CC1. The third-order valence-electron chi connectivity index (χ3n) is 5.87. The molecule has 1 aromatic carbocycles. The van der Waals surface area contributed by atoms with Gasteiger partial charge in [0.05, 0.1) is 6.54 Å². The van der Waals surface area contributed by atoms with E-state index in [0.29, 0.717) is 31.0 Å². The third-order valence-corrected chi connectivity index (χ3v) is 5.87. The first-order valence-electron chi connectivity index (χ1n) is 10.0. The van der Waals surface area contributed by atoms with Crippen LogP contribution in [0.25, 0.3) is 0 Å². The monoisotopic (exact) mass is 405 g/mol. The van der Waals surface area contributed by atoms with Crippen LogP contribution in [-0.4, -0.2) is 53.2 Å². The number of benzene rings is 1. The summed E-state index contributed by atoms with van der Waals surface area (Å²) in [6.07, 6.45) is 5.36. The lowest BCUT2D eigenvalue weighted by molar-refractivity contribution is -0.139. The summed E-state index contributed by atoms with van der Waals surface area (Å²) in [5, 5.41) is 3.63. The summed E-state index contributed by atoms with van der Waals surface area (Å²) in [7, 11) is 0. The van der Waals surface area contributed by atoms with E-state index in [0.717, 1.165) is 44.0 Å². The van der Waals surface area contributed by atoms with Crippen molar-refractivity contribution >= 4 is 30.1 Å². The second-order valence-electron chi connectivity index (χ2n) is 7.99. The first-order chi connectivity index (χ1) is 13.1. The molecule has 0 radical (unpaired) electrons. The van der Waals surface area contributed by atoms with Crippen molar-refractivity contribution in [3.8, 4) is 0 Å². The van der Waals surface area contributed by atoms with E-state index in [-0.39, 0.29) is 30.1 Å². The molecule has 1 aliphatic carbocycles. The highest BCUT2D eigenvalue weighted by Gasteiger charge is 2.29. The third kappa shape index (κ3) is 4.92. The first kappa shape index (κ1) is 20.8. The quantitative estimate of drug-likeness (QED) is 0.737. The Kier molecular flexibility index (Phi) is 6.73. The maximum absolute atomic E-state index is 12.7. The number of hydrogen-bond donors (Lipinski definition) is 1. The van der Waals surface area contributed by atoms with Gasteiger partial charge in [-0.2, -0.15) is 0 Å². The fourth-order valence-electron chi connectivity index (χ4n) is 3.86. The van der Waals surface area contributed by atoms with Gasteiger partial charge in [0.2, 0.25) is 11.8 Å². The average molecular weight is 406 g/mol. The van der Waals surface area contributed by atoms with Crippen LogP contribution in [0.3, 0.4) is 0 Å². The van der Waals surface area contributed by atoms with Gasteiger partial charge in [-0.25, -0.2) is 0 Å². The molecule has 1 saturated carbocycles. The van der Waals surface area contributed by atoms with Gasteiger partial charge in [-0.05, 0) is 55.8 Å². The second kappa shape index (κ2) is 9.05. The molecule has 3 amide bonds. The summed E-state index contributed by atoms with van der Waals surface area (Å²) in [6, 6.07) is 7.83. The Morgan fingerprint density at radius 3 is 2.14 bits per heavy atom. The van der Waals surface area contributed by atoms with Gasteiger partial charge in [-0.3, -0.25) is 19.3 Å². The summed E-state index contributed by atoms with van der Waals surface area (Å²) in [5.74, 6) is 0.724. The lowest BCUT2D eigenvalue weighted by Gasteiger charge is -2.32. The van der Waals surface area contributed by atoms with Crippen molar-refractivity contribution in [3.63, 3.8) is 0 Å². The molecule has 28 heavy (non-hydrogen) atoms. The van der Waals surface area contributed by atoms with E-state index < -0.39 is 0 Å². The van der Waals surface area contributed by atoms with Crippen molar-refractivity contribution in [1.82, 2.24) is 15.1 Å². The molecule has 0 bridgehead atoms. The molecular weight excluding hydrogens is 378 g/mol. The van der Waals surface area contributed by atoms with Crippen molar-refractivity contribution in [1.29, 1.82) is 0 Å². The number of carbonyl (C=O) groups is 3. The van der Waals surface area contributed by atoms with Gasteiger partial charge in [0.15, 0.2) is 0 Å². The van der Waals surface area contributed by atoms with Crippen LogP contribution < -0.4 is 5.32 Å². The highest BCUT2D eigenvalue weighted by molar-refractivity contribution is 6.01. The summed E-state index contributed by atoms with van der Waals surface area (Å²) in [6.45, 7) is 3.01. The Bertz CT molecular complexity index is 709. The zero-order valence-electron chi connectivity index (χ0n) is 16.1. The van der Waals surface area contributed by atoms with Crippen molar-refractivity contribution < 1.29 is 14.4 Å². The summed E-state index contributed by atoms with van der Waals surface area (Å²) in [5.41, 5.74) is 1.54. The maximum Gasteiger partial charge on any atom is 0.253 e. The van der Waals surface area contributed by atoms with Crippen LogP contribution in [0.5, 0.6) is 0 Å². The molecule has 1 aromatic rings. The Morgan fingerprint density at radius 2 is 1.57 bits per heavy atom. The number of amides is 3. The maximum atomic E-state index is 12.7. The lowest BCUT2D eigenvalue weighted by Crippen LogP contribution is -2.45. The largest absolute Gasteiger partial charge is 0.339 e. The highest BCUT2D eigenvalue weighted by atomic mass is 35.5. The summed E-state index contributed by atoms with van der Waals surface area (Å²) >= 11 is 0. The van der Waals surface area contributed by atoms with Crippen molar-refractivity contribution in [2.45, 2.75) is 51.1 Å². The molecule has 0 atom stereocenters. The number of halogens is 1. The van der Waals surface area contributed by atoms with Crippen LogP contribution in [0.4, 0.5) is 0 Å². The molecular formula is C21H28ClN3O3. The molecule has 152 valence electrons. The van der Waals surface area contributed by atoms with E-state index in [1.807, 2.05) is 17.0 Å². The van der Waals surface area contributed by atoms with E-state index in [9.17, 15) is 14.4 Å². The molecule has 2 saturated heterocycles. The summed E-state index contributed by atoms with van der Waals surface area (Å²) < 4.78 is 0. The number of imide groups is 1. The minimum absolute atomic E-state index is 0. The van der Waals surface area contributed by atoms with Crippen LogP contribution in [0.2, 0.25) is 0 Å². The van der Waals surface area contributed by atoms with E-state index in [4.69, 9.17) is 0 Å². The van der Waals surface area contributed by atoms with Crippen LogP contribution in [0.1, 0.15) is 54.4 Å². The van der Waals surface area contributed by atoms with Gasteiger partial charge in [0.25, 0.3) is 5.91 Å². The Labute approximate surface area is 172 Å². The molecule has 1 N–H and O–H groups in total. The van der Waals surface area contributed by atoms with Gasteiger partial charge >= 0.3 is 0 Å². The van der Waals surface area contributed by atoms with E-state index in [2.05, 4.69) is 5.32 Å². The Balaban J connectivity index is 0.00000225. The second-order valence-corrected chi connectivity index (χ2v) is 7.99. The minimum atomic E-state index is -0.113. The van der Waals surface area contributed by atoms with Gasteiger partial charge in [0, 0.05) is 37.5 Å². The number of carbonyl (C=O) groups excluding carboxylic acids is 3. The minimum Gasteiger partial charge on any atom is -0.339 e. The number of nitrogens with zero attached hydrogens (tertiary/aromatic N) is 2. The molecule has 0 spiro atoms. The number of rotatable bonds is 6. The van der Waals surface area contributed by atoms with Crippen LogP contribution in [0.15, 0.2) is 24.3 Å². The number of likely N-dealkylation sites (tertiary alicyclic amines) is 2. The zero-order valence-corrected chi connectivity index (χ0v) is 16.9. The van der Waals surface area contributed by atoms with Gasteiger partial charge < -0.3 is 10.2 Å². The molecule has 2 aliphatic heterocycles. The fraction of sp³-hybridized carbons (Fsp3) is 0.571. The molecule has 0 aromatic heterocycles. The van der Waals surface area contributed by atoms with E-state index in [1.54, 1.807) is 12.1 Å². The van der Waals surface area contributed by atoms with Crippen molar-refractivity contribution in [2.24, 2.45) is 5.92 Å². The predicted molar refractivity (Wildman–Crippen MR) is 108 cm³/mol. The van der Waals surface area contributed by atoms with E-state index >= 15 is 0 Å². The standard InChI is InChI=1S/C21H27N3O3.ClH/c25-19-7-8-20(26)24(19)14-16-3-5-17(6-4-16)21(27)23-11-9-18(10-12-23)22-13-15-1-2-15;/h3-6,15,18,22H,1-2,7-14H2;1H. The molecule has 3 fully saturated rings. The molecule has 3 aliphatic rings. The molecule has 7 heteroatoms. The fourth-order valence-corrected chi connectivity index (χ4v) is 3.86. The van der Waals surface area contributed by atoms with Gasteiger partial charge in [-0.1, -0.05) is 12.1 Å². The number of hydrogen-bond acceptors (Lipinski definition) is 4. The van der Waals surface area contributed by atoms with Gasteiger partial charge in [-0.15, -0.1) is 12.4 Å². The van der Waals surface area contributed by atoms with Crippen LogP contribution >= 0.6 is 12.4 Å². The normalized spacial score (nSPS) is 20.4. The Morgan fingerprint density at radius 1 is 0.964 bits per heavy atom. The van der Waals surface area contributed by atoms with Crippen LogP contribution in [0, 0.1) is 5.92 Å². The average Bonchev–Trinajstić information content (AvgIpc) is 3.48. The van der Waals surface area contributed by atoms with E-state index in [1.165, 1.54) is 17.7 Å². The van der Waals surface area contributed by atoms with Crippen LogP contribution in [-0.2, 0) is 16.1 Å². The number of nitrogens with one attached hydrogen (secondary N) is 1. The van der Waals surface area contributed by atoms with Crippen molar-refractivity contribution in [2.75, 3.05) is 19.6 Å². The smallest absolute Gasteiger partial charge is 0.253 e. The topological polar surface area (TPSA) is 69.7 Å². The predicted octanol–water partition coefficient (Wildman–Crippen LogP) is 2.36. The Hall–Kier alpha value is -1.92. The number of piperidine rings is 1. The molecule has 0 unspecified atom stereocenters. The van der Waals surface area contributed by atoms with Crippen molar-refractivity contribution in [3.05, 3.63) is 35.4 Å². The van der Waals surface area contributed by atoms with Gasteiger partial charge in [0.1, 0.15) is 0 Å².